The molecule has 1 aromatic rings. The molecule has 0 amide bonds. The van der Waals surface area contributed by atoms with Crippen molar-refractivity contribution >= 4 is 11.8 Å². The van der Waals surface area contributed by atoms with Crippen LogP contribution in [0.15, 0.2) is 18.3 Å². The normalized spacial score (nSPS) is 22.8. The van der Waals surface area contributed by atoms with Crippen LogP contribution in [0.2, 0.25) is 0 Å². The molecule has 1 aliphatic heterocycles. The summed E-state index contributed by atoms with van der Waals surface area (Å²) in [4.78, 5) is 16.4. The average molecular weight is 290 g/mol. The minimum absolute atomic E-state index is 0.0449. The van der Waals surface area contributed by atoms with Crippen LogP contribution < -0.4 is 4.90 Å². The quantitative estimate of drug-likeness (QED) is 0.917. The van der Waals surface area contributed by atoms with Crippen LogP contribution in [0.3, 0.4) is 0 Å². The lowest BCUT2D eigenvalue weighted by atomic mass is 10.0. The number of carbonyl (C=O) groups is 1. The summed E-state index contributed by atoms with van der Waals surface area (Å²) in [6.45, 7) is 0.189. The van der Waals surface area contributed by atoms with Gasteiger partial charge in [0.1, 0.15) is 11.7 Å². The van der Waals surface area contributed by atoms with E-state index in [1.54, 1.807) is 0 Å². The van der Waals surface area contributed by atoms with Gasteiger partial charge in [-0.05, 0) is 12.1 Å². The second kappa shape index (κ2) is 5.28. The van der Waals surface area contributed by atoms with Gasteiger partial charge in [-0.15, -0.1) is 0 Å². The highest BCUT2D eigenvalue weighted by Gasteiger charge is 2.38. The van der Waals surface area contributed by atoms with Crippen molar-refractivity contribution in [2.24, 2.45) is 5.92 Å². The third-order valence-electron chi connectivity index (χ3n) is 3.30. The van der Waals surface area contributed by atoms with E-state index in [0.717, 1.165) is 18.3 Å². The fourth-order valence-electron chi connectivity index (χ4n) is 2.12. The molecule has 2 atom stereocenters. The number of nitrogens with zero attached hydrogens (tertiary/aromatic N) is 2. The van der Waals surface area contributed by atoms with Crippen LogP contribution in [-0.4, -0.2) is 42.4 Å². The second-order valence-electron chi connectivity index (χ2n) is 4.56. The monoisotopic (exact) mass is 290 g/mol. The van der Waals surface area contributed by atoms with E-state index in [2.05, 4.69) is 4.98 Å². The zero-order valence-electron chi connectivity index (χ0n) is 10.6. The molecule has 20 heavy (non-hydrogen) atoms. The van der Waals surface area contributed by atoms with Crippen LogP contribution in [0.4, 0.5) is 19.0 Å². The van der Waals surface area contributed by atoms with Crippen molar-refractivity contribution in [2.75, 3.05) is 25.2 Å². The molecular formula is C12H13F3N2O3. The lowest BCUT2D eigenvalue weighted by Crippen LogP contribution is -2.41. The van der Waals surface area contributed by atoms with Crippen molar-refractivity contribution in [3.05, 3.63) is 23.9 Å². The lowest BCUT2D eigenvalue weighted by molar-refractivity contribution is -0.142. The van der Waals surface area contributed by atoms with Crippen molar-refractivity contribution < 1.29 is 27.8 Å². The first-order chi connectivity index (χ1) is 9.30. The molecule has 8 heteroatoms. The van der Waals surface area contributed by atoms with Crippen LogP contribution in [0, 0.1) is 5.92 Å². The van der Waals surface area contributed by atoms with Crippen LogP contribution in [0.5, 0.6) is 0 Å². The van der Waals surface area contributed by atoms with Gasteiger partial charge in [-0.3, -0.25) is 4.79 Å². The second-order valence-corrected chi connectivity index (χ2v) is 4.56. The van der Waals surface area contributed by atoms with Crippen molar-refractivity contribution in [2.45, 2.75) is 12.2 Å². The first kappa shape index (κ1) is 14.6. The number of ether oxygens (including phenoxy) is 1. The van der Waals surface area contributed by atoms with E-state index in [-0.39, 0.29) is 19.0 Å². The molecule has 1 aromatic heterocycles. The Hall–Kier alpha value is -1.83. The largest absolute Gasteiger partial charge is 0.481 e. The molecule has 1 saturated heterocycles. The first-order valence-corrected chi connectivity index (χ1v) is 5.87. The fraction of sp³-hybridized carbons (Fsp3) is 0.500. The Balaban J connectivity index is 2.25. The Morgan fingerprint density at radius 2 is 2.20 bits per heavy atom. The van der Waals surface area contributed by atoms with Crippen molar-refractivity contribution in [3.63, 3.8) is 0 Å². The Morgan fingerprint density at radius 1 is 1.50 bits per heavy atom. The maximum Gasteiger partial charge on any atom is 0.416 e. The van der Waals surface area contributed by atoms with Gasteiger partial charge in [0, 0.05) is 13.2 Å². The predicted molar refractivity (Wildman–Crippen MR) is 63.4 cm³/mol. The molecule has 0 bridgehead atoms. The molecule has 0 aliphatic carbocycles. The molecule has 5 nitrogen and oxygen atoms in total. The number of alkyl halides is 3. The number of pyridine rings is 1. The van der Waals surface area contributed by atoms with E-state index in [0.29, 0.717) is 0 Å². The number of likely N-dealkylation sites (N-methyl/N-ethyl adjacent to an activating group) is 1. The van der Waals surface area contributed by atoms with Crippen molar-refractivity contribution in [3.8, 4) is 0 Å². The number of hydrogen-bond acceptors (Lipinski definition) is 4. The van der Waals surface area contributed by atoms with E-state index < -0.39 is 29.7 Å². The number of hydrogen-bond donors (Lipinski definition) is 1. The standard InChI is InChI=1S/C12H13F3N2O3/c1-17(9-6-20-5-8(9)11(18)19)10-4-7(2-3-16-10)12(13,14)15/h2-4,8-9H,5-6H2,1H3,(H,18,19). The number of aliphatic carboxylic acids is 1. The molecule has 2 heterocycles. The number of halogens is 3. The summed E-state index contributed by atoms with van der Waals surface area (Å²) in [6.07, 6.45) is -3.41. The summed E-state index contributed by atoms with van der Waals surface area (Å²) < 4.78 is 43.0. The highest BCUT2D eigenvalue weighted by atomic mass is 19.4. The molecule has 1 fully saturated rings. The topological polar surface area (TPSA) is 62.7 Å². The number of aromatic nitrogens is 1. The minimum Gasteiger partial charge on any atom is -0.481 e. The third-order valence-corrected chi connectivity index (χ3v) is 3.30. The van der Waals surface area contributed by atoms with E-state index in [1.165, 1.54) is 11.9 Å². The maximum absolute atomic E-state index is 12.6. The predicted octanol–water partition coefficient (Wildman–Crippen LogP) is 1.64. The molecule has 2 rings (SSSR count). The van der Waals surface area contributed by atoms with Crippen LogP contribution in [-0.2, 0) is 15.7 Å². The van der Waals surface area contributed by atoms with Gasteiger partial charge < -0.3 is 14.7 Å². The van der Waals surface area contributed by atoms with Gasteiger partial charge in [-0.25, -0.2) is 4.98 Å². The van der Waals surface area contributed by atoms with Gasteiger partial charge in [0.2, 0.25) is 0 Å². The first-order valence-electron chi connectivity index (χ1n) is 5.87. The number of rotatable bonds is 3. The van der Waals surface area contributed by atoms with E-state index >= 15 is 0 Å². The van der Waals surface area contributed by atoms with Crippen molar-refractivity contribution in [1.82, 2.24) is 4.98 Å². The molecular weight excluding hydrogens is 277 g/mol. The van der Waals surface area contributed by atoms with Crippen LogP contribution in [0.1, 0.15) is 5.56 Å². The fourth-order valence-corrected chi connectivity index (χ4v) is 2.12. The van der Waals surface area contributed by atoms with Gasteiger partial charge >= 0.3 is 12.1 Å². The molecule has 0 radical (unpaired) electrons. The number of anilines is 1. The summed E-state index contributed by atoms with van der Waals surface area (Å²) in [5, 5.41) is 9.06. The molecule has 0 saturated carbocycles. The average Bonchev–Trinajstić information content (AvgIpc) is 2.86. The zero-order valence-corrected chi connectivity index (χ0v) is 10.6. The summed E-state index contributed by atoms with van der Waals surface area (Å²) >= 11 is 0. The van der Waals surface area contributed by atoms with Gasteiger partial charge in [0.15, 0.2) is 0 Å². The van der Waals surface area contributed by atoms with Crippen LogP contribution in [0.25, 0.3) is 0 Å². The molecule has 110 valence electrons. The molecule has 1 aliphatic rings. The molecule has 0 spiro atoms. The smallest absolute Gasteiger partial charge is 0.416 e. The van der Waals surface area contributed by atoms with E-state index in [9.17, 15) is 18.0 Å². The summed E-state index contributed by atoms with van der Waals surface area (Å²) in [6, 6.07) is 1.23. The van der Waals surface area contributed by atoms with Gasteiger partial charge in [0.25, 0.3) is 0 Å². The molecule has 2 unspecified atom stereocenters. The van der Waals surface area contributed by atoms with Gasteiger partial charge in [-0.1, -0.05) is 0 Å². The number of carboxylic acids is 1. The Bertz CT molecular complexity index is 507. The van der Waals surface area contributed by atoms with Gasteiger partial charge in [0.05, 0.1) is 24.8 Å². The third kappa shape index (κ3) is 2.84. The van der Waals surface area contributed by atoms with Crippen molar-refractivity contribution in [1.29, 1.82) is 0 Å². The Morgan fingerprint density at radius 3 is 2.80 bits per heavy atom. The maximum atomic E-state index is 12.6. The summed E-state index contributed by atoms with van der Waals surface area (Å²) in [5.74, 6) is -1.75. The summed E-state index contributed by atoms with van der Waals surface area (Å²) in [7, 11) is 1.51. The molecule has 1 N–H and O–H groups in total. The highest BCUT2D eigenvalue weighted by molar-refractivity contribution is 5.72. The number of carboxylic acid groups (broad SMARTS) is 1. The van der Waals surface area contributed by atoms with E-state index in [1.807, 2.05) is 0 Å². The highest BCUT2D eigenvalue weighted by Crippen LogP contribution is 2.31. The van der Waals surface area contributed by atoms with Gasteiger partial charge in [-0.2, -0.15) is 13.2 Å². The van der Waals surface area contributed by atoms with E-state index in [4.69, 9.17) is 9.84 Å². The summed E-state index contributed by atoms with van der Waals surface area (Å²) in [5.41, 5.74) is -0.819. The zero-order chi connectivity index (χ0) is 14.9. The van der Waals surface area contributed by atoms with Crippen LogP contribution >= 0.6 is 0 Å². The Labute approximate surface area is 113 Å². The minimum atomic E-state index is -4.46. The molecule has 0 aromatic carbocycles. The Kier molecular flexibility index (Phi) is 3.85. The SMILES string of the molecule is CN(c1cc(C(F)(F)F)ccn1)C1COCC1C(=O)O. The lowest BCUT2D eigenvalue weighted by Gasteiger charge is -2.27.